The first-order valence-corrected chi connectivity index (χ1v) is 7.69. The molecule has 0 aliphatic rings. The first-order valence-electron chi connectivity index (χ1n) is 6.87. The molecular formula is C16H15N3O2S. The summed E-state index contributed by atoms with van der Waals surface area (Å²) >= 11 is 1.63. The largest absolute Gasteiger partial charge is 0.384 e. The molecule has 0 fully saturated rings. The molecule has 0 bridgehead atoms. The van der Waals surface area contributed by atoms with Gasteiger partial charge < -0.3 is 10.1 Å². The minimum Gasteiger partial charge on any atom is -0.384 e. The smallest absolute Gasteiger partial charge is 0.227 e. The van der Waals surface area contributed by atoms with Crippen LogP contribution in [0.2, 0.25) is 0 Å². The normalized spacial score (nSPS) is 10.8. The van der Waals surface area contributed by atoms with E-state index in [9.17, 15) is 4.79 Å². The molecule has 0 unspecified atom stereocenters. The molecule has 2 aromatic heterocycles. The van der Waals surface area contributed by atoms with Gasteiger partial charge in [0.1, 0.15) is 10.8 Å². The third kappa shape index (κ3) is 3.29. The standard InChI is InChI=1S/C16H15N3O2S/c1-21-9-8-15(20)19-14-7-6-11(10-17-14)16-18-12-4-2-3-5-13(12)22-16/h2-7,10H,8-9H2,1H3,(H,17,19,20). The van der Waals surface area contributed by atoms with Gasteiger partial charge in [-0.15, -0.1) is 11.3 Å². The number of benzene rings is 1. The first kappa shape index (κ1) is 14.6. The Bertz CT molecular complexity index is 750. The quantitative estimate of drug-likeness (QED) is 0.784. The number of ether oxygens (including phenoxy) is 1. The van der Waals surface area contributed by atoms with Crippen molar-refractivity contribution in [2.75, 3.05) is 19.0 Å². The Kier molecular flexibility index (Phi) is 4.41. The van der Waals surface area contributed by atoms with Crippen LogP contribution in [0.4, 0.5) is 5.82 Å². The second-order valence-electron chi connectivity index (χ2n) is 4.71. The molecule has 0 saturated carbocycles. The third-order valence-electron chi connectivity index (χ3n) is 3.11. The molecule has 0 atom stereocenters. The fourth-order valence-corrected chi connectivity index (χ4v) is 2.95. The number of hydrogen-bond acceptors (Lipinski definition) is 5. The van der Waals surface area contributed by atoms with Gasteiger partial charge in [0.05, 0.1) is 23.2 Å². The maximum Gasteiger partial charge on any atom is 0.227 e. The van der Waals surface area contributed by atoms with Crippen molar-refractivity contribution in [2.24, 2.45) is 0 Å². The zero-order chi connectivity index (χ0) is 15.4. The van der Waals surface area contributed by atoms with Gasteiger partial charge >= 0.3 is 0 Å². The maximum atomic E-state index is 11.6. The van der Waals surface area contributed by atoms with Crippen molar-refractivity contribution in [3.63, 3.8) is 0 Å². The average Bonchev–Trinajstić information content (AvgIpc) is 2.97. The van der Waals surface area contributed by atoms with Crippen LogP contribution in [0.15, 0.2) is 42.6 Å². The number of hydrogen-bond donors (Lipinski definition) is 1. The van der Waals surface area contributed by atoms with Crippen molar-refractivity contribution < 1.29 is 9.53 Å². The van der Waals surface area contributed by atoms with Gasteiger partial charge in [-0.1, -0.05) is 12.1 Å². The minimum absolute atomic E-state index is 0.109. The van der Waals surface area contributed by atoms with Crippen LogP contribution in [0.25, 0.3) is 20.8 Å². The van der Waals surface area contributed by atoms with Crippen LogP contribution in [0.3, 0.4) is 0 Å². The molecule has 6 heteroatoms. The topological polar surface area (TPSA) is 64.1 Å². The second kappa shape index (κ2) is 6.64. The van der Waals surface area contributed by atoms with Gasteiger partial charge in [-0.2, -0.15) is 0 Å². The number of carbonyl (C=O) groups excluding carboxylic acids is 1. The summed E-state index contributed by atoms with van der Waals surface area (Å²) in [6, 6.07) is 11.7. The van der Waals surface area contributed by atoms with E-state index in [1.165, 1.54) is 0 Å². The Morgan fingerprint density at radius 2 is 2.14 bits per heavy atom. The summed E-state index contributed by atoms with van der Waals surface area (Å²) in [7, 11) is 1.57. The van der Waals surface area contributed by atoms with Crippen LogP contribution in [-0.2, 0) is 9.53 Å². The lowest BCUT2D eigenvalue weighted by atomic mass is 10.3. The van der Waals surface area contributed by atoms with E-state index in [1.54, 1.807) is 30.7 Å². The Morgan fingerprint density at radius 3 is 2.86 bits per heavy atom. The summed E-state index contributed by atoms with van der Waals surface area (Å²) in [6.07, 6.45) is 2.04. The number of fused-ring (bicyclic) bond motifs is 1. The number of carbonyl (C=O) groups is 1. The zero-order valence-electron chi connectivity index (χ0n) is 12.1. The summed E-state index contributed by atoms with van der Waals surface area (Å²) in [5.74, 6) is 0.424. The number of aromatic nitrogens is 2. The van der Waals surface area contributed by atoms with Gasteiger partial charge in [-0.3, -0.25) is 4.79 Å². The molecule has 0 spiro atoms. The maximum absolute atomic E-state index is 11.6. The van der Waals surface area contributed by atoms with Crippen molar-refractivity contribution in [1.82, 2.24) is 9.97 Å². The number of methoxy groups -OCH3 is 1. The SMILES string of the molecule is COCCC(=O)Nc1ccc(-c2nc3ccccc3s2)cn1. The molecule has 1 amide bonds. The first-order chi connectivity index (χ1) is 10.8. The van der Waals surface area contributed by atoms with Crippen molar-refractivity contribution >= 4 is 33.3 Å². The summed E-state index contributed by atoms with van der Waals surface area (Å²) in [5, 5.41) is 3.66. The van der Waals surface area contributed by atoms with E-state index in [2.05, 4.69) is 15.3 Å². The lowest BCUT2D eigenvalue weighted by Crippen LogP contribution is -2.14. The molecule has 0 aliphatic carbocycles. The van der Waals surface area contributed by atoms with Gasteiger partial charge in [-0.05, 0) is 24.3 Å². The van der Waals surface area contributed by atoms with Gasteiger partial charge in [0.25, 0.3) is 0 Å². The highest BCUT2D eigenvalue weighted by Gasteiger charge is 2.07. The fraction of sp³-hybridized carbons (Fsp3) is 0.188. The fourth-order valence-electron chi connectivity index (χ4n) is 1.99. The Hall–Kier alpha value is -2.31. The van der Waals surface area contributed by atoms with Gasteiger partial charge in [0.15, 0.2) is 0 Å². The zero-order valence-corrected chi connectivity index (χ0v) is 12.9. The van der Waals surface area contributed by atoms with Crippen molar-refractivity contribution in [2.45, 2.75) is 6.42 Å². The summed E-state index contributed by atoms with van der Waals surface area (Å²) in [5.41, 5.74) is 1.93. The highest BCUT2D eigenvalue weighted by Crippen LogP contribution is 2.29. The average molecular weight is 313 g/mol. The van der Waals surface area contributed by atoms with Crippen LogP contribution in [0.5, 0.6) is 0 Å². The van der Waals surface area contributed by atoms with Crippen LogP contribution in [0, 0.1) is 0 Å². The molecule has 3 aromatic rings. The van der Waals surface area contributed by atoms with E-state index >= 15 is 0 Å². The van der Waals surface area contributed by atoms with Gasteiger partial charge in [-0.25, -0.2) is 9.97 Å². The van der Waals surface area contributed by atoms with E-state index in [0.717, 1.165) is 20.8 Å². The van der Waals surface area contributed by atoms with Crippen LogP contribution in [-0.4, -0.2) is 29.6 Å². The van der Waals surface area contributed by atoms with Crippen molar-refractivity contribution in [3.8, 4) is 10.6 Å². The number of nitrogens with zero attached hydrogens (tertiary/aromatic N) is 2. The van der Waals surface area contributed by atoms with Crippen LogP contribution >= 0.6 is 11.3 Å². The monoisotopic (exact) mass is 313 g/mol. The Balaban J connectivity index is 1.74. The predicted molar refractivity (Wildman–Crippen MR) is 88.0 cm³/mol. The minimum atomic E-state index is -0.109. The number of pyridine rings is 1. The highest BCUT2D eigenvalue weighted by atomic mass is 32.1. The van der Waals surface area contributed by atoms with Crippen LogP contribution < -0.4 is 5.32 Å². The predicted octanol–water partition coefficient (Wildman–Crippen LogP) is 3.33. The number of rotatable bonds is 5. The van der Waals surface area contributed by atoms with Crippen molar-refractivity contribution in [3.05, 3.63) is 42.6 Å². The molecule has 0 radical (unpaired) electrons. The summed E-state index contributed by atoms with van der Waals surface area (Å²) in [4.78, 5) is 20.5. The number of anilines is 1. The lowest BCUT2D eigenvalue weighted by Gasteiger charge is -2.04. The van der Waals surface area contributed by atoms with Crippen molar-refractivity contribution in [1.29, 1.82) is 0 Å². The number of thiazole rings is 1. The Morgan fingerprint density at radius 1 is 1.27 bits per heavy atom. The molecule has 1 N–H and O–H groups in total. The highest BCUT2D eigenvalue weighted by molar-refractivity contribution is 7.21. The Labute approximate surface area is 132 Å². The summed E-state index contributed by atoms with van der Waals surface area (Å²) < 4.78 is 6.02. The number of nitrogens with one attached hydrogen (secondary N) is 1. The van der Waals surface area contributed by atoms with E-state index in [1.807, 2.05) is 30.3 Å². The molecule has 1 aromatic carbocycles. The van der Waals surface area contributed by atoms with Crippen LogP contribution in [0.1, 0.15) is 6.42 Å². The van der Waals surface area contributed by atoms with E-state index in [0.29, 0.717) is 18.8 Å². The molecular weight excluding hydrogens is 298 g/mol. The molecule has 22 heavy (non-hydrogen) atoms. The summed E-state index contributed by atoms with van der Waals surface area (Å²) in [6.45, 7) is 0.398. The number of amides is 1. The molecule has 5 nitrogen and oxygen atoms in total. The van der Waals surface area contributed by atoms with E-state index < -0.39 is 0 Å². The lowest BCUT2D eigenvalue weighted by molar-refractivity contribution is -0.117. The van der Waals surface area contributed by atoms with Gasteiger partial charge in [0.2, 0.25) is 5.91 Å². The molecule has 112 valence electrons. The van der Waals surface area contributed by atoms with E-state index in [4.69, 9.17) is 4.74 Å². The second-order valence-corrected chi connectivity index (χ2v) is 5.74. The molecule has 2 heterocycles. The number of para-hydroxylation sites is 1. The molecule has 3 rings (SSSR count). The molecule has 0 saturated heterocycles. The third-order valence-corrected chi connectivity index (χ3v) is 4.19. The van der Waals surface area contributed by atoms with E-state index in [-0.39, 0.29) is 5.91 Å². The van der Waals surface area contributed by atoms with Gasteiger partial charge in [0, 0.05) is 18.9 Å². The molecule has 0 aliphatic heterocycles.